The Labute approximate surface area is 515 Å². The number of aromatic nitrogens is 1. The number of unbranched alkanes of at least 4 members (excludes halogenated alkanes) is 3. The van der Waals surface area contributed by atoms with E-state index in [0.29, 0.717) is 98.0 Å². The predicted molar refractivity (Wildman–Crippen MR) is 338 cm³/mol. The highest BCUT2D eigenvalue weighted by Gasteiger charge is 2.55. The Kier molecular flexibility index (Phi) is 21.1. The minimum atomic E-state index is -4.73. The first kappa shape index (κ1) is 64.5. The first-order chi connectivity index (χ1) is 41.6. The second-order valence-corrected chi connectivity index (χ2v) is 26.9. The van der Waals surface area contributed by atoms with Gasteiger partial charge < -0.3 is 47.1 Å². The molecule has 0 fully saturated rings. The molecule has 23 heteroatoms. The van der Waals surface area contributed by atoms with Crippen molar-refractivity contribution in [1.29, 1.82) is 0 Å². The van der Waals surface area contributed by atoms with Crippen LogP contribution in [0.15, 0.2) is 119 Å². The minimum Gasteiger partial charge on any atom is -0.497 e. The molecule has 3 aliphatic rings. The van der Waals surface area contributed by atoms with Crippen molar-refractivity contribution in [3.05, 3.63) is 169 Å². The van der Waals surface area contributed by atoms with E-state index in [0.717, 1.165) is 57.9 Å². The van der Waals surface area contributed by atoms with Crippen LogP contribution in [-0.4, -0.2) is 134 Å². The standard InChI is InChI=1S/C64H73B2F2N5O11S3/c1-73(2,3)34-14-21-46-38-55(58-25-15-35-85-58)71-53(46)40-54-47(39-56(59-26-16-36-86-59)72(54)66(71,67)68)31-32-60(76)70-52(42-87(80,81)82)57(75)24-10-6-9-22-49(74)23-13-33-69-64(78)50-37-48(63(83-4)61-51(50)41-84-65(61)79)20-12-11-17-43-27-29-45(30-28-43)62(77)44-18-7-5-8-19-44/h5,7-8,15-16,18-19,25-30,35-40,52,79H,6,9-14,17,20-24,31-34,41-42H2,1-4H3,(H2-,69,70,76,78,80,81,82)/p+1. The Morgan fingerprint density at radius 1 is 0.793 bits per heavy atom. The summed E-state index contributed by atoms with van der Waals surface area (Å²) < 4.78 is 83.3. The molecule has 4 N–H and O–H groups in total. The number of rotatable bonds is 32. The minimum absolute atomic E-state index is 0.00890. The zero-order chi connectivity index (χ0) is 62.0. The number of hydrogen-bond acceptors (Lipinski definition) is 12. The van der Waals surface area contributed by atoms with Crippen LogP contribution in [0.2, 0.25) is 0 Å². The maximum atomic E-state index is 17.5. The Hall–Kier alpha value is -6.98. The molecule has 9 rings (SSSR count). The fourth-order valence-corrected chi connectivity index (χ4v) is 13.9. The second kappa shape index (κ2) is 28.5. The van der Waals surface area contributed by atoms with Gasteiger partial charge in [-0.2, -0.15) is 8.42 Å². The summed E-state index contributed by atoms with van der Waals surface area (Å²) in [6.45, 7) is -3.39. The van der Waals surface area contributed by atoms with E-state index in [9.17, 15) is 42.0 Å². The first-order valence-corrected chi connectivity index (χ1v) is 33.0. The maximum Gasteiger partial charge on any atom is 0.737 e. The quantitative estimate of drug-likeness (QED) is 0.0103. The van der Waals surface area contributed by atoms with E-state index in [2.05, 4.69) is 31.8 Å². The van der Waals surface area contributed by atoms with Crippen molar-refractivity contribution >= 4 is 93.3 Å². The number of quaternary nitrogens is 1. The number of Topliss-reactive ketones (excluding diaryl/α,β-unsaturated/α-hetero) is 2. The number of carbonyl (C=O) groups is 5. The van der Waals surface area contributed by atoms with E-state index in [4.69, 9.17) is 9.39 Å². The van der Waals surface area contributed by atoms with E-state index in [1.807, 2.05) is 71.4 Å². The average Bonchev–Trinajstić information content (AvgIpc) is 1.58. The van der Waals surface area contributed by atoms with E-state index in [-0.39, 0.29) is 74.8 Å². The van der Waals surface area contributed by atoms with E-state index in [1.54, 1.807) is 42.5 Å². The van der Waals surface area contributed by atoms with E-state index in [1.165, 1.54) is 34.3 Å². The van der Waals surface area contributed by atoms with Crippen LogP contribution in [0.25, 0.3) is 16.6 Å². The number of ether oxygens (including phenoxy) is 1. The average molecular weight is 1250 g/mol. The molecule has 3 aliphatic heterocycles. The highest BCUT2D eigenvalue weighted by molar-refractivity contribution is 7.85. The number of fused-ring (bicyclic) bond motifs is 3. The molecule has 6 heterocycles. The number of aryl methyl sites for hydroxylation is 3. The van der Waals surface area contributed by atoms with Crippen molar-refractivity contribution in [2.24, 2.45) is 0 Å². The smallest absolute Gasteiger partial charge is 0.497 e. The molecule has 16 nitrogen and oxygen atoms in total. The molecular formula is C64H74B2F2N5O11S3+. The predicted octanol–water partition coefficient (Wildman–Crippen LogP) is 9.41. The summed E-state index contributed by atoms with van der Waals surface area (Å²) in [5.41, 5.74) is 7.09. The van der Waals surface area contributed by atoms with Gasteiger partial charge in [-0.15, -0.1) is 22.7 Å². The second-order valence-electron chi connectivity index (χ2n) is 23.5. The van der Waals surface area contributed by atoms with Gasteiger partial charge in [-0.1, -0.05) is 73.2 Å². The van der Waals surface area contributed by atoms with Gasteiger partial charge in [0.05, 0.1) is 46.3 Å². The maximum absolute atomic E-state index is 17.5. The van der Waals surface area contributed by atoms with Crippen molar-refractivity contribution < 1.29 is 69.0 Å². The third-order valence-electron chi connectivity index (χ3n) is 16.1. The normalized spacial score (nSPS) is 14.7. The monoisotopic (exact) mass is 1240 g/mol. The Morgan fingerprint density at radius 3 is 2.16 bits per heavy atom. The SMILES string of the molecule is COc1c(CCCCc2ccc(C(=O)c3ccccc3)cc2)cc(C(=O)NCCCC(=O)CCCCCC(=O)C(CS(=O)(=O)O)NC(=O)CCC2=CC(c3cccs3)=[N+]3C2=Cc2c(CCC[N+](C)(C)C)cc(-c4cccs4)n2[B-]3(F)F)c2c1B(O)OC2. The number of thiophene rings is 2. The molecule has 2 amide bonds. The molecule has 0 saturated carbocycles. The summed E-state index contributed by atoms with van der Waals surface area (Å²) in [6, 6.07) is 26.1. The van der Waals surface area contributed by atoms with Gasteiger partial charge in [0.15, 0.2) is 23.0 Å². The van der Waals surface area contributed by atoms with Crippen LogP contribution in [0.4, 0.5) is 8.63 Å². The van der Waals surface area contributed by atoms with Crippen LogP contribution in [0.3, 0.4) is 0 Å². The molecule has 1 unspecified atom stereocenters. The molecule has 6 aromatic rings. The molecule has 0 spiro atoms. The fourth-order valence-electron chi connectivity index (χ4n) is 11.7. The van der Waals surface area contributed by atoms with Gasteiger partial charge in [-0.05, 0) is 115 Å². The zero-order valence-electron chi connectivity index (χ0n) is 49.5. The zero-order valence-corrected chi connectivity index (χ0v) is 52.0. The lowest BCUT2D eigenvalue weighted by Gasteiger charge is -2.31. The summed E-state index contributed by atoms with van der Waals surface area (Å²) in [4.78, 5) is 67.9. The number of allylic oxidation sites excluding steroid dienone is 2. The van der Waals surface area contributed by atoms with Gasteiger partial charge in [0.1, 0.15) is 23.3 Å². The Bertz CT molecular complexity index is 3710. The summed E-state index contributed by atoms with van der Waals surface area (Å²) in [6.07, 6.45) is 9.20. The Morgan fingerprint density at radius 2 is 1.47 bits per heavy atom. The van der Waals surface area contributed by atoms with Gasteiger partial charge in [0.2, 0.25) is 5.91 Å². The van der Waals surface area contributed by atoms with Gasteiger partial charge in [0, 0.05) is 94.8 Å². The van der Waals surface area contributed by atoms with Gasteiger partial charge in [0.25, 0.3) is 16.0 Å². The molecule has 0 bridgehead atoms. The Balaban J connectivity index is 0.737. The molecule has 0 aliphatic carbocycles. The van der Waals surface area contributed by atoms with Gasteiger partial charge in [-0.25, -0.2) is 0 Å². The summed E-state index contributed by atoms with van der Waals surface area (Å²) >= 11 is 2.71. The highest BCUT2D eigenvalue weighted by atomic mass is 32.2. The highest BCUT2D eigenvalue weighted by Crippen LogP contribution is 2.43. The molecule has 0 radical (unpaired) electrons. The molecule has 87 heavy (non-hydrogen) atoms. The van der Waals surface area contributed by atoms with Crippen molar-refractivity contribution in [2.45, 2.75) is 109 Å². The van der Waals surface area contributed by atoms with Crippen LogP contribution in [-0.2, 0) is 55.0 Å². The number of ketones is 3. The number of nitrogens with zero attached hydrogens (tertiary/aromatic N) is 3. The first-order valence-electron chi connectivity index (χ1n) is 29.6. The third-order valence-corrected chi connectivity index (χ3v) is 18.6. The topological polar surface area (TPSA) is 210 Å². The number of nitrogens with one attached hydrogen (secondary N) is 2. The molecule has 3 aromatic carbocycles. The lowest BCUT2D eigenvalue weighted by atomic mass is 9.75. The number of methoxy groups -OCH3 is 1. The summed E-state index contributed by atoms with van der Waals surface area (Å²) in [7, 11) is 1.79. The third kappa shape index (κ3) is 16.0. The van der Waals surface area contributed by atoms with E-state index < -0.39 is 47.7 Å². The number of amides is 2. The van der Waals surface area contributed by atoms with Crippen LogP contribution in [0.5, 0.6) is 5.75 Å². The van der Waals surface area contributed by atoms with Gasteiger partial charge >= 0.3 is 14.1 Å². The van der Waals surface area contributed by atoms with Gasteiger partial charge in [-0.3, -0.25) is 28.5 Å². The molecule has 3 aromatic heterocycles. The van der Waals surface area contributed by atoms with Crippen LogP contribution in [0, 0.1) is 0 Å². The number of carbonyl (C=O) groups excluding carboxylic acids is 5. The van der Waals surface area contributed by atoms with E-state index >= 15 is 8.63 Å². The lowest BCUT2D eigenvalue weighted by Crippen LogP contribution is -2.50. The largest absolute Gasteiger partial charge is 0.737 e. The number of benzene rings is 3. The van der Waals surface area contributed by atoms with Crippen molar-refractivity contribution in [2.75, 3.05) is 47.1 Å². The van der Waals surface area contributed by atoms with Crippen LogP contribution in [0.1, 0.15) is 136 Å². The van der Waals surface area contributed by atoms with Crippen LogP contribution >= 0.6 is 22.7 Å². The molecule has 0 saturated heterocycles. The summed E-state index contributed by atoms with van der Waals surface area (Å²) in [5, 5.41) is 19.9. The fraction of sp³-hybridized carbons (Fsp3) is 0.375. The van der Waals surface area contributed by atoms with Crippen molar-refractivity contribution in [3.8, 4) is 16.3 Å². The number of halogens is 2. The van der Waals surface area contributed by atoms with Crippen molar-refractivity contribution in [3.63, 3.8) is 0 Å². The summed E-state index contributed by atoms with van der Waals surface area (Å²) in [5.74, 6) is -2.33. The molecule has 1 atom stereocenters. The molecule has 458 valence electrons. The van der Waals surface area contributed by atoms with Crippen molar-refractivity contribution in [1.82, 2.24) is 15.1 Å². The lowest BCUT2D eigenvalue weighted by molar-refractivity contribution is -0.870. The van der Waals surface area contributed by atoms with Crippen LogP contribution < -0.4 is 20.8 Å². The molecular weight excluding hydrogens is 1170 g/mol. The number of hydrogen-bond donors (Lipinski definition) is 4.